The minimum atomic E-state index is -1.17. The van der Waals surface area contributed by atoms with E-state index in [4.69, 9.17) is 9.47 Å². The molecule has 11 heteroatoms. The average Bonchev–Trinajstić information content (AvgIpc) is 3.16. The van der Waals surface area contributed by atoms with Gasteiger partial charge in [-0.25, -0.2) is 9.78 Å². The zero-order valence-electron chi connectivity index (χ0n) is 16.9. The first-order chi connectivity index (χ1) is 13.5. The van der Waals surface area contributed by atoms with Gasteiger partial charge in [0, 0.05) is 12.3 Å². The zero-order valence-corrected chi connectivity index (χ0v) is 16.9. The van der Waals surface area contributed by atoms with Gasteiger partial charge in [0.15, 0.2) is 17.3 Å². The molecule has 2 aromatic heterocycles. The van der Waals surface area contributed by atoms with E-state index in [1.54, 1.807) is 34.6 Å². The second kappa shape index (κ2) is 7.56. The van der Waals surface area contributed by atoms with E-state index in [2.05, 4.69) is 20.3 Å². The summed E-state index contributed by atoms with van der Waals surface area (Å²) in [5, 5.41) is 12.8. The van der Waals surface area contributed by atoms with Crippen LogP contribution in [0, 0.1) is 5.92 Å². The molecule has 0 unspecified atom stereocenters. The van der Waals surface area contributed by atoms with Crippen molar-refractivity contribution in [3.63, 3.8) is 0 Å². The van der Waals surface area contributed by atoms with E-state index in [9.17, 15) is 19.5 Å². The SMILES string of the molecule is CC(C)C(=O)Nc1nc2c(ncn2[C@H]2C[C@H](O)[C@@H](C(=O)OC(C)(C)C)O2)c(=O)[nH]1. The number of nitrogens with zero attached hydrogens (tertiary/aromatic N) is 3. The lowest BCUT2D eigenvalue weighted by Crippen LogP contribution is -2.37. The third-order valence-electron chi connectivity index (χ3n) is 4.24. The molecule has 2 aromatic rings. The summed E-state index contributed by atoms with van der Waals surface area (Å²) in [4.78, 5) is 47.2. The molecule has 1 amide bonds. The molecule has 3 atom stereocenters. The molecule has 3 heterocycles. The van der Waals surface area contributed by atoms with Crippen LogP contribution in [0.1, 0.15) is 47.3 Å². The minimum absolute atomic E-state index is 0.0230. The van der Waals surface area contributed by atoms with Crippen molar-refractivity contribution in [1.29, 1.82) is 0 Å². The van der Waals surface area contributed by atoms with Crippen LogP contribution >= 0.6 is 0 Å². The molecule has 1 aliphatic heterocycles. The second-order valence-electron chi connectivity index (χ2n) is 8.23. The number of H-pyrrole nitrogens is 1. The molecule has 3 N–H and O–H groups in total. The number of carbonyl (C=O) groups is 2. The molecule has 0 bridgehead atoms. The number of rotatable bonds is 4. The Kier molecular flexibility index (Phi) is 5.46. The summed E-state index contributed by atoms with van der Waals surface area (Å²) in [7, 11) is 0. The number of carbonyl (C=O) groups excluding carboxylic acids is 2. The fraction of sp³-hybridized carbons (Fsp3) is 0.611. The molecule has 1 saturated heterocycles. The van der Waals surface area contributed by atoms with Crippen molar-refractivity contribution in [2.75, 3.05) is 5.32 Å². The Morgan fingerprint density at radius 1 is 1.41 bits per heavy atom. The lowest BCUT2D eigenvalue weighted by Gasteiger charge is -2.23. The topological polar surface area (TPSA) is 148 Å². The summed E-state index contributed by atoms with van der Waals surface area (Å²) in [5.41, 5.74) is -1.05. The van der Waals surface area contributed by atoms with E-state index in [0.717, 1.165) is 0 Å². The maximum absolute atomic E-state index is 12.3. The highest BCUT2D eigenvalue weighted by Crippen LogP contribution is 2.31. The number of ether oxygens (including phenoxy) is 2. The first-order valence-electron chi connectivity index (χ1n) is 9.30. The highest BCUT2D eigenvalue weighted by Gasteiger charge is 2.42. The number of esters is 1. The number of aromatic nitrogens is 4. The molecule has 0 saturated carbocycles. The Bertz CT molecular complexity index is 989. The molecule has 1 fully saturated rings. The minimum Gasteiger partial charge on any atom is -0.458 e. The predicted molar refractivity (Wildman–Crippen MR) is 102 cm³/mol. The summed E-state index contributed by atoms with van der Waals surface area (Å²) in [5.74, 6) is -1.31. The Hall–Kier alpha value is -2.79. The standard InChI is InChI=1S/C18H25N5O6/c1-8(2)14(25)21-17-20-13-11(15(26)22-17)19-7-23(13)10-6-9(24)12(28-10)16(27)29-18(3,4)5/h7-10,12,24H,6H2,1-5H3,(H2,20,21,22,25,26)/t9-,10+,12-/m0/s1. The third-order valence-corrected chi connectivity index (χ3v) is 4.24. The van der Waals surface area contributed by atoms with Crippen LogP contribution in [-0.4, -0.2) is 54.3 Å². The van der Waals surface area contributed by atoms with E-state index in [0.29, 0.717) is 0 Å². The Labute approximate surface area is 166 Å². The van der Waals surface area contributed by atoms with E-state index in [1.165, 1.54) is 10.9 Å². The number of aliphatic hydroxyl groups excluding tert-OH is 1. The first kappa shape index (κ1) is 20.9. The van der Waals surface area contributed by atoms with Crippen LogP contribution in [0.25, 0.3) is 11.2 Å². The highest BCUT2D eigenvalue weighted by atomic mass is 16.6. The smallest absolute Gasteiger partial charge is 0.338 e. The molecule has 0 aliphatic carbocycles. The van der Waals surface area contributed by atoms with Gasteiger partial charge in [-0.3, -0.25) is 24.5 Å². The van der Waals surface area contributed by atoms with Crippen molar-refractivity contribution < 1.29 is 24.2 Å². The Balaban J connectivity index is 1.88. The quantitative estimate of drug-likeness (QED) is 0.627. The molecule has 1 aliphatic rings. The monoisotopic (exact) mass is 407 g/mol. The molecule has 158 valence electrons. The summed E-state index contributed by atoms with van der Waals surface area (Å²) >= 11 is 0. The average molecular weight is 407 g/mol. The third kappa shape index (κ3) is 4.46. The second-order valence-corrected chi connectivity index (χ2v) is 8.23. The molecular weight excluding hydrogens is 382 g/mol. The van der Waals surface area contributed by atoms with Crippen molar-refractivity contribution in [2.45, 2.75) is 65.1 Å². The molecule has 3 rings (SSSR count). The summed E-state index contributed by atoms with van der Waals surface area (Å²) in [6.45, 7) is 8.57. The fourth-order valence-electron chi connectivity index (χ4n) is 2.85. The van der Waals surface area contributed by atoms with Gasteiger partial charge < -0.3 is 14.6 Å². The van der Waals surface area contributed by atoms with Crippen molar-refractivity contribution in [1.82, 2.24) is 19.5 Å². The largest absolute Gasteiger partial charge is 0.458 e. The van der Waals surface area contributed by atoms with Crippen molar-refractivity contribution in [2.24, 2.45) is 5.92 Å². The van der Waals surface area contributed by atoms with Gasteiger partial charge in [0.1, 0.15) is 11.8 Å². The van der Waals surface area contributed by atoms with E-state index < -0.39 is 35.6 Å². The van der Waals surface area contributed by atoms with E-state index in [-0.39, 0.29) is 35.4 Å². The Morgan fingerprint density at radius 3 is 2.72 bits per heavy atom. The maximum atomic E-state index is 12.3. The number of imidazole rings is 1. The van der Waals surface area contributed by atoms with Crippen LogP contribution < -0.4 is 10.9 Å². The molecule has 0 radical (unpaired) electrons. The van der Waals surface area contributed by atoms with Crippen molar-refractivity contribution in [3.05, 3.63) is 16.7 Å². The highest BCUT2D eigenvalue weighted by molar-refractivity contribution is 5.91. The van der Waals surface area contributed by atoms with Crippen LogP contribution in [0.15, 0.2) is 11.1 Å². The normalized spacial score (nSPS) is 22.2. The summed E-state index contributed by atoms with van der Waals surface area (Å²) in [6.07, 6.45) is -1.61. The van der Waals surface area contributed by atoms with Crippen LogP contribution in [-0.2, 0) is 19.1 Å². The van der Waals surface area contributed by atoms with Crippen molar-refractivity contribution >= 4 is 29.0 Å². The number of fused-ring (bicyclic) bond motifs is 1. The van der Waals surface area contributed by atoms with Crippen LogP contribution in [0.5, 0.6) is 0 Å². The molecule has 29 heavy (non-hydrogen) atoms. The van der Waals surface area contributed by atoms with E-state index >= 15 is 0 Å². The van der Waals surface area contributed by atoms with Gasteiger partial charge in [0.05, 0.1) is 12.4 Å². The van der Waals surface area contributed by atoms with Gasteiger partial charge >= 0.3 is 5.97 Å². The van der Waals surface area contributed by atoms with Gasteiger partial charge in [-0.15, -0.1) is 0 Å². The maximum Gasteiger partial charge on any atom is 0.338 e. The number of aliphatic hydroxyl groups is 1. The molecule has 11 nitrogen and oxygen atoms in total. The zero-order chi connectivity index (χ0) is 21.5. The number of anilines is 1. The summed E-state index contributed by atoms with van der Waals surface area (Å²) < 4.78 is 12.4. The predicted octanol–water partition coefficient (Wildman–Crippen LogP) is 0.704. The Morgan fingerprint density at radius 2 is 2.10 bits per heavy atom. The van der Waals surface area contributed by atoms with Crippen LogP contribution in [0.2, 0.25) is 0 Å². The lowest BCUT2D eigenvalue weighted by molar-refractivity contribution is -0.173. The van der Waals surface area contributed by atoms with Gasteiger partial charge in [0.2, 0.25) is 11.9 Å². The van der Waals surface area contributed by atoms with Gasteiger partial charge in [-0.2, -0.15) is 4.98 Å². The summed E-state index contributed by atoms with van der Waals surface area (Å²) in [6, 6.07) is 0. The molecule has 0 aromatic carbocycles. The first-order valence-corrected chi connectivity index (χ1v) is 9.30. The van der Waals surface area contributed by atoms with Gasteiger partial charge in [-0.05, 0) is 20.8 Å². The fourth-order valence-corrected chi connectivity index (χ4v) is 2.85. The number of aromatic amines is 1. The molecule has 0 spiro atoms. The van der Waals surface area contributed by atoms with Crippen LogP contribution in [0.3, 0.4) is 0 Å². The number of hydrogen-bond donors (Lipinski definition) is 3. The van der Waals surface area contributed by atoms with Crippen molar-refractivity contribution in [3.8, 4) is 0 Å². The van der Waals surface area contributed by atoms with E-state index in [1.807, 2.05) is 0 Å². The number of nitrogens with one attached hydrogen (secondary N) is 2. The lowest BCUT2D eigenvalue weighted by atomic mass is 10.1. The van der Waals surface area contributed by atoms with Gasteiger partial charge in [-0.1, -0.05) is 13.8 Å². The van der Waals surface area contributed by atoms with Crippen LogP contribution in [0.4, 0.5) is 5.95 Å². The number of amides is 1. The van der Waals surface area contributed by atoms with Gasteiger partial charge in [0.25, 0.3) is 5.56 Å². The molecular formula is C18H25N5O6. The number of hydrogen-bond acceptors (Lipinski definition) is 8.